The van der Waals surface area contributed by atoms with Crippen molar-refractivity contribution in [3.05, 3.63) is 44.7 Å². The molecule has 0 radical (unpaired) electrons. The van der Waals surface area contributed by atoms with Crippen molar-refractivity contribution in [2.45, 2.75) is 13.8 Å². The van der Waals surface area contributed by atoms with Crippen molar-refractivity contribution in [2.24, 2.45) is 5.92 Å². The molecule has 22 heavy (non-hydrogen) atoms. The highest BCUT2D eigenvalue weighted by molar-refractivity contribution is 5.66. The molecular formula is C14H16N4O4. The molecule has 0 bridgehead atoms. The van der Waals surface area contributed by atoms with Crippen LogP contribution in [-0.4, -0.2) is 21.5 Å². The van der Waals surface area contributed by atoms with Crippen molar-refractivity contribution in [1.29, 1.82) is 0 Å². The highest BCUT2D eigenvalue weighted by Crippen LogP contribution is 2.31. The van der Waals surface area contributed by atoms with Gasteiger partial charge in [0.2, 0.25) is 5.95 Å². The molecule has 0 fully saturated rings. The Labute approximate surface area is 126 Å². The van der Waals surface area contributed by atoms with E-state index in [4.69, 9.17) is 10.5 Å². The van der Waals surface area contributed by atoms with Crippen molar-refractivity contribution >= 4 is 11.6 Å². The molecule has 0 saturated heterocycles. The maximum absolute atomic E-state index is 11.4. The molecule has 1 heterocycles. The lowest BCUT2D eigenvalue weighted by molar-refractivity contribution is -0.385. The third kappa shape index (κ3) is 3.60. The molecule has 8 nitrogen and oxygen atoms in total. The Bertz CT molecular complexity index is 755. The molecule has 8 heteroatoms. The van der Waals surface area contributed by atoms with Crippen molar-refractivity contribution < 1.29 is 9.66 Å². The van der Waals surface area contributed by atoms with E-state index in [-0.39, 0.29) is 29.0 Å². The van der Waals surface area contributed by atoms with Gasteiger partial charge in [0.25, 0.3) is 5.56 Å². The van der Waals surface area contributed by atoms with Crippen molar-refractivity contribution in [3.63, 3.8) is 0 Å². The van der Waals surface area contributed by atoms with Crippen LogP contribution in [0.5, 0.6) is 5.75 Å². The number of nitro benzene ring substituents is 1. The predicted octanol–water partition coefficient (Wildman–Crippen LogP) is 1.96. The number of nitrogen functional groups attached to an aromatic ring is 1. The van der Waals surface area contributed by atoms with Gasteiger partial charge in [0.15, 0.2) is 5.75 Å². The van der Waals surface area contributed by atoms with Crippen molar-refractivity contribution in [2.75, 3.05) is 12.3 Å². The van der Waals surface area contributed by atoms with Gasteiger partial charge in [0.1, 0.15) is 0 Å². The molecule has 116 valence electrons. The zero-order valence-corrected chi connectivity index (χ0v) is 12.2. The minimum absolute atomic E-state index is 0.0507. The number of ether oxygens (including phenoxy) is 1. The quantitative estimate of drug-likeness (QED) is 0.642. The molecule has 3 N–H and O–H groups in total. The molecule has 0 aliphatic heterocycles. The number of nitrogens with two attached hydrogens (primary N) is 1. The number of nitro groups is 1. The van der Waals surface area contributed by atoms with Crippen molar-refractivity contribution in [1.82, 2.24) is 9.97 Å². The van der Waals surface area contributed by atoms with Crippen LogP contribution in [0.4, 0.5) is 11.6 Å². The first-order chi connectivity index (χ1) is 10.4. The van der Waals surface area contributed by atoms with Crippen molar-refractivity contribution in [3.8, 4) is 17.0 Å². The molecular weight excluding hydrogens is 288 g/mol. The smallest absolute Gasteiger partial charge is 0.311 e. The van der Waals surface area contributed by atoms with Crippen LogP contribution < -0.4 is 16.0 Å². The number of rotatable bonds is 5. The summed E-state index contributed by atoms with van der Waals surface area (Å²) in [6.07, 6.45) is 0. The Morgan fingerprint density at radius 1 is 1.41 bits per heavy atom. The van der Waals surface area contributed by atoms with Crippen LogP contribution in [0.25, 0.3) is 11.3 Å². The van der Waals surface area contributed by atoms with Gasteiger partial charge >= 0.3 is 5.69 Å². The van der Waals surface area contributed by atoms with Gasteiger partial charge in [0.05, 0.1) is 17.2 Å². The third-order valence-corrected chi connectivity index (χ3v) is 2.78. The monoisotopic (exact) mass is 304 g/mol. The summed E-state index contributed by atoms with van der Waals surface area (Å²) in [6.45, 7) is 4.27. The van der Waals surface area contributed by atoms with Gasteiger partial charge in [-0.05, 0) is 18.1 Å². The molecule has 2 aromatic rings. The fourth-order valence-electron chi connectivity index (χ4n) is 1.82. The van der Waals surface area contributed by atoms with Gasteiger partial charge in [-0.15, -0.1) is 0 Å². The van der Waals surface area contributed by atoms with Crippen LogP contribution >= 0.6 is 0 Å². The van der Waals surface area contributed by atoms with Gasteiger partial charge in [-0.2, -0.15) is 0 Å². The second kappa shape index (κ2) is 6.25. The Morgan fingerprint density at radius 2 is 2.14 bits per heavy atom. The summed E-state index contributed by atoms with van der Waals surface area (Å²) < 4.78 is 5.44. The van der Waals surface area contributed by atoms with Gasteiger partial charge in [0, 0.05) is 17.7 Å². The number of aromatic amines is 1. The van der Waals surface area contributed by atoms with Gasteiger partial charge in [-0.3, -0.25) is 19.9 Å². The van der Waals surface area contributed by atoms with E-state index in [9.17, 15) is 14.9 Å². The van der Waals surface area contributed by atoms with Crippen LogP contribution in [0.2, 0.25) is 0 Å². The average molecular weight is 304 g/mol. The minimum Gasteiger partial charge on any atom is -0.487 e. The number of hydrogen-bond acceptors (Lipinski definition) is 6. The first-order valence-corrected chi connectivity index (χ1v) is 6.65. The summed E-state index contributed by atoms with van der Waals surface area (Å²) in [5.74, 6) is 0.374. The highest BCUT2D eigenvalue weighted by atomic mass is 16.6. The van der Waals surface area contributed by atoms with E-state index < -0.39 is 10.5 Å². The fourth-order valence-corrected chi connectivity index (χ4v) is 1.82. The zero-order chi connectivity index (χ0) is 16.3. The first-order valence-electron chi connectivity index (χ1n) is 6.65. The summed E-state index contributed by atoms with van der Waals surface area (Å²) >= 11 is 0. The van der Waals surface area contributed by atoms with Crippen LogP contribution in [0.1, 0.15) is 13.8 Å². The number of nitrogens with zero attached hydrogens (tertiary/aromatic N) is 2. The Morgan fingerprint density at radius 3 is 2.73 bits per heavy atom. The predicted molar refractivity (Wildman–Crippen MR) is 81.7 cm³/mol. The largest absolute Gasteiger partial charge is 0.487 e. The number of anilines is 1. The van der Waals surface area contributed by atoms with E-state index in [0.717, 1.165) is 0 Å². The summed E-state index contributed by atoms with van der Waals surface area (Å²) in [5.41, 5.74) is 5.55. The summed E-state index contributed by atoms with van der Waals surface area (Å²) in [7, 11) is 0. The van der Waals surface area contributed by atoms with E-state index in [2.05, 4.69) is 9.97 Å². The number of aromatic nitrogens is 2. The van der Waals surface area contributed by atoms with Crippen LogP contribution in [0.3, 0.4) is 0 Å². The van der Waals surface area contributed by atoms with E-state index in [1.807, 2.05) is 13.8 Å². The zero-order valence-electron chi connectivity index (χ0n) is 12.2. The second-order valence-corrected chi connectivity index (χ2v) is 5.16. The molecule has 2 rings (SSSR count). The normalized spacial score (nSPS) is 10.7. The minimum atomic E-state index is -0.532. The molecule has 0 atom stereocenters. The summed E-state index contributed by atoms with van der Waals surface area (Å²) in [6, 6.07) is 5.64. The lowest BCUT2D eigenvalue weighted by Gasteiger charge is -2.10. The van der Waals surface area contributed by atoms with E-state index in [0.29, 0.717) is 12.2 Å². The first kappa shape index (κ1) is 15.5. The van der Waals surface area contributed by atoms with Gasteiger partial charge in [-0.1, -0.05) is 13.8 Å². The summed E-state index contributed by atoms with van der Waals surface area (Å²) in [5, 5.41) is 11.2. The van der Waals surface area contributed by atoms with E-state index in [1.54, 1.807) is 6.07 Å². The molecule has 0 saturated carbocycles. The lowest BCUT2D eigenvalue weighted by Crippen LogP contribution is -2.10. The fraction of sp³-hybridized carbons (Fsp3) is 0.286. The highest BCUT2D eigenvalue weighted by Gasteiger charge is 2.18. The molecule has 0 aliphatic carbocycles. The molecule has 0 amide bonds. The van der Waals surface area contributed by atoms with Crippen LogP contribution in [0, 0.1) is 16.0 Å². The maximum Gasteiger partial charge on any atom is 0.311 e. The van der Waals surface area contributed by atoms with Crippen LogP contribution in [0.15, 0.2) is 29.1 Å². The molecule has 0 unspecified atom stereocenters. The van der Waals surface area contributed by atoms with Gasteiger partial charge < -0.3 is 10.5 Å². The average Bonchev–Trinajstić information content (AvgIpc) is 2.43. The number of H-pyrrole nitrogens is 1. The topological polar surface area (TPSA) is 124 Å². The van der Waals surface area contributed by atoms with E-state index >= 15 is 0 Å². The number of benzene rings is 1. The van der Waals surface area contributed by atoms with Crippen LogP contribution in [-0.2, 0) is 0 Å². The Hall–Kier alpha value is -2.90. The molecule has 0 aliphatic rings. The molecule has 1 aromatic heterocycles. The number of hydrogen-bond donors (Lipinski definition) is 2. The Kier molecular flexibility index (Phi) is 4.40. The molecule has 0 spiro atoms. The second-order valence-electron chi connectivity index (χ2n) is 5.16. The lowest BCUT2D eigenvalue weighted by atomic mass is 10.1. The number of nitrogens with one attached hydrogen (secondary N) is 1. The standard InChI is InChI=1S/C14H16N4O4/c1-8(2)7-22-12-4-3-9(5-11(12)18(20)21)10-6-13(19)17-14(15)16-10/h3-6,8H,7H2,1-2H3,(H3,15,16,17,19). The maximum atomic E-state index is 11.4. The Balaban J connectivity index is 2.44. The SMILES string of the molecule is CC(C)COc1ccc(-c2cc(=O)[nH]c(N)n2)cc1[N+](=O)[O-]. The van der Waals surface area contributed by atoms with E-state index in [1.165, 1.54) is 18.2 Å². The van der Waals surface area contributed by atoms with Gasteiger partial charge in [-0.25, -0.2) is 4.98 Å². The molecule has 1 aromatic carbocycles. The summed E-state index contributed by atoms with van der Waals surface area (Å²) in [4.78, 5) is 28.4. The third-order valence-electron chi connectivity index (χ3n) is 2.78.